The van der Waals surface area contributed by atoms with E-state index in [2.05, 4.69) is 5.92 Å². The third-order valence-corrected chi connectivity index (χ3v) is 2.17. The standard InChI is InChI=1S/C10H14O2/c1-3-4-5-10(11)9-6-8(2)12-7-9/h1,8-9H,4-7H2,2H3. The zero-order valence-electron chi connectivity index (χ0n) is 7.38. The van der Waals surface area contributed by atoms with Crippen LogP contribution in [0.5, 0.6) is 0 Å². The van der Waals surface area contributed by atoms with Crippen molar-refractivity contribution in [1.29, 1.82) is 0 Å². The number of ether oxygens (including phenoxy) is 1. The number of carbonyl (C=O) groups excluding carboxylic acids is 1. The van der Waals surface area contributed by atoms with Crippen LogP contribution >= 0.6 is 0 Å². The predicted molar refractivity (Wildman–Crippen MR) is 46.6 cm³/mol. The van der Waals surface area contributed by atoms with Crippen LogP contribution in [0.3, 0.4) is 0 Å². The average Bonchev–Trinajstić information content (AvgIpc) is 2.47. The van der Waals surface area contributed by atoms with Crippen LogP contribution in [0.15, 0.2) is 0 Å². The summed E-state index contributed by atoms with van der Waals surface area (Å²) in [5, 5.41) is 0. The predicted octanol–water partition coefficient (Wildman–Crippen LogP) is 1.39. The number of carbonyl (C=O) groups is 1. The maximum atomic E-state index is 11.4. The van der Waals surface area contributed by atoms with Gasteiger partial charge in [-0.15, -0.1) is 12.3 Å². The van der Waals surface area contributed by atoms with Crippen LogP contribution in [0.4, 0.5) is 0 Å². The summed E-state index contributed by atoms with van der Waals surface area (Å²) in [6.07, 6.45) is 7.24. The van der Waals surface area contributed by atoms with Gasteiger partial charge in [-0.05, 0) is 13.3 Å². The first-order chi connectivity index (χ1) is 5.74. The number of ketones is 1. The summed E-state index contributed by atoms with van der Waals surface area (Å²) < 4.78 is 5.29. The third kappa shape index (κ3) is 2.35. The molecule has 0 aromatic rings. The van der Waals surface area contributed by atoms with E-state index in [9.17, 15) is 4.79 Å². The molecule has 2 nitrogen and oxygen atoms in total. The van der Waals surface area contributed by atoms with Gasteiger partial charge in [-0.3, -0.25) is 4.79 Å². The largest absolute Gasteiger partial charge is 0.378 e. The van der Waals surface area contributed by atoms with Gasteiger partial charge in [-0.2, -0.15) is 0 Å². The van der Waals surface area contributed by atoms with Crippen LogP contribution in [0.25, 0.3) is 0 Å². The number of rotatable bonds is 3. The molecule has 0 N–H and O–H groups in total. The first-order valence-electron chi connectivity index (χ1n) is 4.32. The summed E-state index contributed by atoms with van der Waals surface area (Å²) in [4.78, 5) is 11.4. The fourth-order valence-corrected chi connectivity index (χ4v) is 1.44. The molecule has 0 saturated carbocycles. The number of hydrogen-bond acceptors (Lipinski definition) is 2. The minimum absolute atomic E-state index is 0.105. The zero-order chi connectivity index (χ0) is 8.97. The van der Waals surface area contributed by atoms with Gasteiger partial charge < -0.3 is 4.74 Å². The lowest BCUT2D eigenvalue weighted by molar-refractivity contribution is -0.122. The molecule has 0 aliphatic carbocycles. The lowest BCUT2D eigenvalue weighted by Gasteiger charge is -2.03. The van der Waals surface area contributed by atoms with E-state index in [0.717, 1.165) is 6.42 Å². The van der Waals surface area contributed by atoms with Gasteiger partial charge in [0.2, 0.25) is 0 Å². The highest BCUT2D eigenvalue weighted by molar-refractivity contribution is 5.81. The molecule has 1 aliphatic rings. The molecule has 12 heavy (non-hydrogen) atoms. The molecule has 0 bridgehead atoms. The van der Waals surface area contributed by atoms with Gasteiger partial charge in [0, 0.05) is 18.8 Å². The Balaban J connectivity index is 2.29. The lowest BCUT2D eigenvalue weighted by atomic mass is 9.98. The van der Waals surface area contributed by atoms with E-state index in [4.69, 9.17) is 11.2 Å². The summed E-state index contributed by atoms with van der Waals surface area (Å²) in [5.41, 5.74) is 0. The van der Waals surface area contributed by atoms with E-state index in [1.807, 2.05) is 6.92 Å². The third-order valence-electron chi connectivity index (χ3n) is 2.17. The van der Waals surface area contributed by atoms with E-state index in [1.165, 1.54) is 0 Å². The van der Waals surface area contributed by atoms with Gasteiger partial charge in [0.05, 0.1) is 12.7 Å². The van der Waals surface area contributed by atoms with E-state index >= 15 is 0 Å². The molecular weight excluding hydrogens is 152 g/mol. The fourth-order valence-electron chi connectivity index (χ4n) is 1.44. The zero-order valence-corrected chi connectivity index (χ0v) is 7.38. The second-order valence-corrected chi connectivity index (χ2v) is 3.25. The monoisotopic (exact) mass is 166 g/mol. The Kier molecular flexibility index (Phi) is 3.31. The molecule has 2 heteroatoms. The van der Waals surface area contributed by atoms with Crippen molar-refractivity contribution in [1.82, 2.24) is 0 Å². The Morgan fingerprint density at radius 1 is 1.75 bits per heavy atom. The molecule has 66 valence electrons. The van der Waals surface area contributed by atoms with E-state index in [-0.39, 0.29) is 17.8 Å². The maximum absolute atomic E-state index is 11.4. The van der Waals surface area contributed by atoms with Crippen molar-refractivity contribution >= 4 is 5.78 Å². The minimum Gasteiger partial charge on any atom is -0.378 e. The summed E-state index contributed by atoms with van der Waals surface area (Å²) in [6.45, 7) is 2.58. The molecule has 1 rings (SSSR count). The van der Waals surface area contributed by atoms with Crippen molar-refractivity contribution in [2.45, 2.75) is 32.3 Å². The molecular formula is C10H14O2. The van der Waals surface area contributed by atoms with Crippen molar-refractivity contribution < 1.29 is 9.53 Å². The average molecular weight is 166 g/mol. The van der Waals surface area contributed by atoms with Crippen molar-refractivity contribution in [2.75, 3.05) is 6.61 Å². The Hall–Kier alpha value is -0.810. The highest BCUT2D eigenvalue weighted by Gasteiger charge is 2.27. The Morgan fingerprint density at radius 2 is 2.50 bits per heavy atom. The topological polar surface area (TPSA) is 26.3 Å². The molecule has 0 amide bonds. The number of terminal acetylenes is 1. The second-order valence-electron chi connectivity index (χ2n) is 3.25. The van der Waals surface area contributed by atoms with E-state index < -0.39 is 0 Å². The molecule has 2 atom stereocenters. The molecule has 2 unspecified atom stereocenters. The van der Waals surface area contributed by atoms with Crippen molar-refractivity contribution in [2.24, 2.45) is 5.92 Å². The van der Waals surface area contributed by atoms with Crippen LogP contribution in [0.2, 0.25) is 0 Å². The summed E-state index contributed by atoms with van der Waals surface area (Å²) >= 11 is 0. The summed E-state index contributed by atoms with van der Waals surface area (Å²) in [7, 11) is 0. The molecule has 0 spiro atoms. The second kappa shape index (κ2) is 4.27. The van der Waals surface area contributed by atoms with Gasteiger partial charge >= 0.3 is 0 Å². The minimum atomic E-state index is 0.105. The summed E-state index contributed by atoms with van der Waals surface area (Å²) in [5.74, 6) is 2.84. The highest BCUT2D eigenvalue weighted by atomic mass is 16.5. The SMILES string of the molecule is C#CCCC(=O)C1COC(C)C1. The number of hydrogen-bond donors (Lipinski definition) is 0. The Labute approximate surface area is 73.3 Å². The van der Waals surface area contributed by atoms with E-state index in [1.54, 1.807) is 0 Å². The van der Waals surface area contributed by atoms with Gasteiger partial charge in [0.1, 0.15) is 5.78 Å². The van der Waals surface area contributed by atoms with Crippen molar-refractivity contribution in [3.63, 3.8) is 0 Å². The van der Waals surface area contributed by atoms with Crippen LogP contribution in [0, 0.1) is 18.3 Å². The highest BCUT2D eigenvalue weighted by Crippen LogP contribution is 2.21. The quantitative estimate of drug-likeness (QED) is 0.592. The molecule has 1 fully saturated rings. The van der Waals surface area contributed by atoms with Crippen molar-refractivity contribution in [3.8, 4) is 12.3 Å². The molecule has 1 heterocycles. The lowest BCUT2D eigenvalue weighted by Crippen LogP contribution is -2.13. The van der Waals surface area contributed by atoms with Gasteiger partial charge in [0.15, 0.2) is 0 Å². The molecule has 0 radical (unpaired) electrons. The Bertz CT molecular complexity index is 202. The maximum Gasteiger partial charge on any atom is 0.139 e. The van der Waals surface area contributed by atoms with Crippen LogP contribution in [0.1, 0.15) is 26.2 Å². The Morgan fingerprint density at radius 3 is 3.00 bits per heavy atom. The van der Waals surface area contributed by atoms with Crippen LogP contribution in [-0.2, 0) is 9.53 Å². The van der Waals surface area contributed by atoms with Crippen LogP contribution in [-0.4, -0.2) is 18.5 Å². The molecule has 1 saturated heterocycles. The van der Waals surface area contributed by atoms with E-state index in [0.29, 0.717) is 19.4 Å². The fraction of sp³-hybridized carbons (Fsp3) is 0.700. The van der Waals surface area contributed by atoms with Gasteiger partial charge in [-0.25, -0.2) is 0 Å². The van der Waals surface area contributed by atoms with Gasteiger partial charge in [-0.1, -0.05) is 0 Å². The van der Waals surface area contributed by atoms with Crippen molar-refractivity contribution in [3.05, 3.63) is 0 Å². The molecule has 0 aromatic heterocycles. The molecule has 1 aliphatic heterocycles. The number of Topliss-reactive ketones (excluding diaryl/α,β-unsaturated/α-hetero) is 1. The molecule has 0 aromatic carbocycles. The summed E-state index contributed by atoms with van der Waals surface area (Å²) in [6, 6.07) is 0. The van der Waals surface area contributed by atoms with Gasteiger partial charge in [0.25, 0.3) is 0 Å². The smallest absolute Gasteiger partial charge is 0.139 e. The van der Waals surface area contributed by atoms with Crippen LogP contribution < -0.4 is 0 Å². The first-order valence-corrected chi connectivity index (χ1v) is 4.32. The first kappa shape index (κ1) is 9.28. The normalized spacial score (nSPS) is 28.3.